The molecule has 134 valence electrons. The van der Waals surface area contributed by atoms with Gasteiger partial charge in [0, 0.05) is 6.07 Å². The average Bonchev–Trinajstić information content (AvgIpc) is 2.91. The average molecular weight is 373 g/mol. The topological polar surface area (TPSA) is 96.3 Å². The highest BCUT2D eigenvalue weighted by Gasteiger charge is 2.37. The number of benzene rings is 2. The van der Waals surface area contributed by atoms with Crippen LogP contribution in [-0.4, -0.2) is 35.6 Å². The Hall–Kier alpha value is -3.13. The fourth-order valence-electron chi connectivity index (χ4n) is 2.43. The smallest absolute Gasteiger partial charge is 0.298 e. The molecule has 0 saturated carbocycles. The third-order valence-corrected chi connectivity index (χ3v) is 4.59. The van der Waals surface area contributed by atoms with Gasteiger partial charge in [0.05, 0.1) is 24.8 Å². The standard InChI is InChI=1S/C18H15NO6S/c1-24-11-4-5-12(15(9-11)25-2)19-17(22)16(26-18(19)23)8-10-3-6-13(20)14(21)7-10/h3-9,20-21H,1-2H3/b16-8-. The number of phenolic OH excluding ortho intramolecular Hbond substituents is 2. The van der Waals surface area contributed by atoms with Crippen molar-refractivity contribution < 1.29 is 29.3 Å². The lowest BCUT2D eigenvalue weighted by molar-refractivity contribution is -0.113. The summed E-state index contributed by atoms with van der Waals surface area (Å²) in [7, 11) is 2.94. The first-order chi connectivity index (χ1) is 12.4. The molecule has 1 heterocycles. The summed E-state index contributed by atoms with van der Waals surface area (Å²) < 4.78 is 10.4. The minimum atomic E-state index is -0.504. The Labute approximate surface area is 153 Å². The zero-order valence-electron chi connectivity index (χ0n) is 13.9. The minimum absolute atomic E-state index is 0.193. The molecule has 0 aromatic heterocycles. The zero-order chi connectivity index (χ0) is 18.8. The van der Waals surface area contributed by atoms with E-state index < -0.39 is 11.1 Å². The third-order valence-electron chi connectivity index (χ3n) is 3.72. The van der Waals surface area contributed by atoms with E-state index in [0.29, 0.717) is 22.7 Å². The summed E-state index contributed by atoms with van der Waals surface area (Å²) in [4.78, 5) is 26.3. The number of aromatic hydroxyl groups is 2. The lowest BCUT2D eigenvalue weighted by Crippen LogP contribution is -2.28. The molecule has 26 heavy (non-hydrogen) atoms. The number of phenols is 2. The monoisotopic (exact) mass is 373 g/mol. The number of ether oxygens (including phenoxy) is 2. The van der Waals surface area contributed by atoms with E-state index in [1.54, 1.807) is 18.2 Å². The van der Waals surface area contributed by atoms with Gasteiger partial charge in [-0.3, -0.25) is 9.59 Å². The number of anilines is 1. The molecule has 0 spiro atoms. The molecule has 8 heteroatoms. The van der Waals surface area contributed by atoms with E-state index in [0.717, 1.165) is 16.7 Å². The summed E-state index contributed by atoms with van der Waals surface area (Å²) in [6, 6.07) is 8.92. The predicted molar refractivity (Wildman–Crippen MR) is 97.8 cm³/mol. The summed E-state index contributed by atoms with van der Waals surface area (Å²) in [6.07, 6.45) is 1.47. The molecule has 3 rings (SSSR count). The van der Waals surface area contributed by atoms with E-state index in [4.69, 9.17) is 9.47 Å². The molecule has 1 aliphatic rings. The van der Waals surface area contributed by atoms with E-state index in [1.807, 2.05) is 0 Å². The largest absolute Gasteiger partial charge is 0.504 e. The van der Waals surface area contributed by atoms with Crippen LogP contribution < -0.4 is 14.4 Å². The van der Waals surface area contributed by atoms with Crippen LogP contribution in [0.1, 0.15) is 5.56 Å². The van der Waals surface area contributed by atoms with E-state index in [2.05, 4.69) is 0 Å². The molecule has 0 radical (unpaired) electrons. The highest BCUT2D eigenvalue weighted by Crippen LogP contribution is 2.41. The van der Waals surface area contributed by atoms with Gasteiger partial charge in [-0.15, -0.1) is 0 Å². The molecule has 1 saturated heterocycles. The first-order valence-electron chi connectivity index (χ1n) is 7.46. The molecule has 0 unspecified atom stereocenters. The molecule has 0 bridgehead atoms. The molecule has 1 aliphatic heterocycles. The normalized spacial score (nSPS) is 15.6. The van der Waals surface area contributed by atoms with Crippen LogP contribution >= 0.6 is 11.8 Å². The Balaban J connectivity index is 1.97. The number of rotatable bonds is 4. The van der Waals surface area contributed by atoms with Gasteiger partial charge >= 0.3 is 0 Å². The van der Waals surface area contributed by atoms with Crippen LogP contribution in [0.3, 0.4) is 0 Å². The van der Waals surface area contributed by atoms with Crippen molar-refractivity contribution in [2.45, 2.75) is 0 Å². The van der Waals surface area contributed by atoms with Crippen LogP contribution in [0.5, 0.6) is 23.0 Å². The molecule has 0 atom stereocenters. The van der Waals surface area contributed by atoms with Crippen molar-refractivity contribution in [3.63, 3.8) is 0 Å². The molecular weight excluding hydrogens is 358 g/mol. The van der Waals surface area contributed by atoms with Crippen LogP contribution in [0, 0.1) is 0 Å². The van der Waals surface area contributed by atoms with Crippen LogP contribution in [0.25, 0.3) is 6.08 Å². The summed E-state index contributed by atoms with van der Waals surface area (Å²) in [5, 5.41) is 18.5. The van der Waals surface area contributed by atoms with Gasteiger partial charge in [-0.2, -0.15) is 0 Å². The second-order valence-corrected chi connectivity index (χ2v) is 6.30. The molecule has 7 nitrogen and oxygen atoms in total. The maximum atomic E-state index is 12.7. The first kappa shape index (κ1) is 17.7. The lowest BCUT2D eigenvalue weighted by atomic mass is 10.2. The van der Waals surface area contributed by atoms with E-state index in [9.17, 15) is 19.8 Å². The van der Waals surface area contributed by atoms with Crippen LogP contribution in [0.15, 0.2) is 41.3 Å². The zero-order valence-corrected chi connectivity index (χ0v) is 14.7. The van der Waals surface area contributed by atoms with Gasteiger partial charge in [-0.25, -0.2) is 4.90 Å². The van der Waals surface area contributed by atoms with Crippen molar-refractivity contribution >= 4 is 34.7 Å². The molecule has 2 amide bonds. The molecule has 2 aromatic carbocycles. The van der Waals surface area contributed by atoms with Gasteiger partial charge in [0.25, 0.3) is 11.1 Å². The van der Waals surface area contributed by atoms with Crippen LogP contribution in [0.2, 0.25) is 0 Å². The maximum Gasteiger partial charge on any atom is 0.298 e. The number of thioether (sulfide) groups is 1. The first-order valence-corrected chi connectivity index (χ1v) is 8.28. The van der Waals surface area contributed by atoms with E-state index in [1.165, 1.54) is 38.5 Å². The summed E-state index contributed by atoms with van der Waals surface area (Å²) in [5.74, 6) is -0.216. The van der Waals surface area contributed by atoms with Crippen LogP contribution in [-0.2, 0) is 4.79 Å². The van der Waals surface area contributed by atoms with Crippen molar-refractivity contribution in [1.82, 2.24) is 0 Å². The summed E-state index contributed by atoms with van der Waals surface area (Å²) >= 11 is 0.778. The van der Waals surface area contributed by atoms with Gasteiger partial charge in [0.1, 0.15) is 11.5 Å². The second kappa shape index (κ2) is 7.01. The Bertz CT molecular complexity index is 924. The Morgan fingerprint density at radius 2 is 1.77 bits per heavy atom. The van der Waals surface area contributed by atoms with E-state index in [-0.39, 0.29) is 16.4 Å². The Morgan fingerprint density at radius 3 is 2.42 bits per heavy atom. The number of hydrogen-bond acceptors (Lipinski definition) is 7. The lowest BCUT2D eigenvalue weighted by Gasteiger charge is -2.16. The molecular formula is C18H15NO6S. The highest BCUT2D eigenvalue weighted by molar-refractivity contribution is 8.19. The quantitative estimate of drug-likeness (QED) is 0.627. The fraction of sp³-hybridized carbons (Fsp3) is 0.111. The molecule has 1 fully saturated rings. The summed E-state index contributed by atoms with van der Waals surface area (Å²) in [5.41, 5.74) is 0.792. The van der Waals surface area contributed by atoms with Crippen molar-refractivity contribution in [3.8, 4) is 23.0 Å². The SMILES string of the molecule is COc1ccc(N2C(=O)S/C(=C\c3ccc(O)c(O)c3)C2=O)c(OC)c1. The van der Waals surface area contributed by atoms with Crippen molar-refractivity contribution in [2.75, 3.05) is 19.1 Å². The fourth-order valence-corrected chi connectivity index (χ4v) is 3.26. The molecule has 0 aliphatic carbocycles. The van der Waals surface area contributed by atoms with Gasteiger partial charge in [-0.05, 0) is 47.7 Å². The van der Waals surface area contributed by atoms with Crippen molar-refractivity contribution in [1.29, 1.82) is 0 Å². The maximum absolute atomic E-state index is 12.7. The number of methoxy groups -OCH3 is 2. The predicted octanol–water partition coefficient (Wildman–Crippen LogP) is 3.36. The van der Waals surface area contributed by atoms with Crippen molar-refractivity contribution in [3.05, 3.63) is 46.9 Å². The summed E-state index contributed by atoms with van der Waals surface area (Å²) in [6.45, 7) is 0. The second-order valence-electron chi connectivity index (χ2n) is 5.30. The van der Waals surface area contributed by atoms with E-state index >= 15 is 0 Å². The van der Waals surface area contributed by atoms with Gasteiger partial charge in [-0.1, -0.05) is 6.07 Å². The number of amides is 2. The Morgan fingerprint density at radius 1 is 1.00 bits per heavy atom. The van der Waals surface area contributed by atoms with Gasteiger partial charge < -0.3 is 19.7 Å². The number of carbonyl (C=O) groups excluding carboxylic acids is 2. The van der Waals surface area contributed by atoms with Crippen LogP contribution in [0.4, 0.5) is 10.5 Å². The number of imide groups is 1. The van der Waals surface area contributed by atoms with Crippen molar-refractivity contribution in [2.24, 2.45) is 0 Å². The highest BCUT2D eigenvalue weighted by atomic mass is 32.2. The number of hydrogen-bond donors (Lipinski definition) is 2. The van der Waals surface area contributed by atoms with Gasteiger partial charge in [0.15, 0.2) is 11.5 Å². The molecule has 2 N–H and O–H groups in total. The van der Waals surface area contributed by atoms with Gasteiger partial charge in [0.2, 0.25) is 0 Å². The minimum Gasteiger partial charge on any atom is -0.504 e. The number of carbonyl (C=O) groups is 2. The Kier molecular flexibility index (Phi) is 4.77. The third kappa shape index (κ3) is 3.18. The molecule has 2 aromatic rings. The number of nitrogens with zero attached hydrogens (tertiary/aromatic N) is 1.